The van der Waals surface area contributed by atoms with Crippen LogP contribution in [-0.2, 0) is 9.59 Å². The van der Waals surface area contributed by atoms with E-state index in [1.807, 2.05) is 60.9 Å². The highest BCUT2D eigenvalue weighted by atomic mass is 16.2. The number of hydrogen-bond donors (Lipinski definition) is 2. The number of likely N-dealkylation sites (N-methyl/N-ethyl adjacent to an activating group) is 1. The van der Waals surface area contributed by atoms with Crippen LogP contribution in [0.1, 0.15) is 23.0 Å². The van der Waals surface area contributed by atoms with Crippen LogP contribution < -0.4 is 0 Å². The molecule has 1 aliphatic heterocycles. The van der Waals surface area contributed by atoms with Gasteiger partial charge in [-0.25, -0.2) is 0 Å². The van der Waals surface area contributed by atoms with Gasteiger partial charge in [-0.3, -0.25) is 14.5 Å². The standard InChI is InChI=1S/C21H17N3O2/c1-24-20(25)18(14-10-22-16-8-4-2-6-12(14)16)19(21(24)26)15-11-23-17-9-5-3-7-13(15)17/h2-11,18-19,22-23H,1H3. The molecule has 3 heterocycles. The minimum atomic E-state index is -0.525. The third-order valence-corrected chi connectivity index (χ3v) is 5.44. The van der Waals surface area contributed by atoms with Crippen molar-refractivity contribution in [2.24, 2.45) is 0 Å². The summed E-state index contributed by atoms with van der Waals surface area (Å²) in [4.78, 5) is 33.7. The lowest BCUT2D eigenvalue weighted by atomic mass is 9.83. The minimum absolute atomic E-state index is 0.157. The number of nitrogens with one attached hydrogen (secondary N) is 2. The number of carbonyl (C=O) groups excluding carboxylic acids is 2. The van der Waals surface area contributed by atoms with Gasteiger partial charge in [0.05, 0.1) is 11.8 Å². The van der Waals surface area contributed by atoms with Gasteiger partial charge >= 0.3 is 0 Å². The Bertz CT molecular complexity index is 1080. The second-order valence-electron chi connectivity index (χ2n) is 6.77. The van der Waals surface area contributed by atoms with E-state index < -0.39 is 11.8 Å². The first-order valence-electron chi connectivity index (χ1n) is 8.60. The summed E-state index contributed by atoms with van der Waals surface area (Å²) < 4.78 is 0. The van der Waals surface area contributed by atoms with E-state index in [4.69, 9.17) is 0 Å². The molecule has 2 atom stereocenters. The molecule has 5 heteroatoms. The van der Waals surface area contributed by atoms with Crippen LogP contribution in [0.2, 0.25) is 0 Å². The van der Waals surface area contributed by atoms with Crippen molar-refractivity contribution in [3.63, 3.8) is 0 Å². The van der Waals surface area contributed by atoms with Crippen LogP contribution in [0.15, 0.2) is 60.9 Å². The first-order chi connectivity index (χ1) is 12.7. The Balaban J connectivity index is 1.74. The number of para-hydroxylation sites is 2. The maximum atomic E-state index is 13.0. The molecule has 26 heavy (non-hydrogen) atoms. The fraction of sp³-hybridized carbons (Fsp3) is 0.143. The highest BCUT2D eigenvalue weighted by Crippen LogP contribution is 2.45. The molecule has 0 saturated carbocycles. The number of carbonyl (C=O) groups is 2. The molecule has 4 aromatic rings. The van der Waals surface area contributed by atoms with E-state index in [0.29, 0.717) is 0 Å². The van der Waals surface area contributed by atoms with Gasteiger partial charge in [0.1, 0.15) is 0 Å². The Kier molecular flexibility index (Phi) is 3.06. The van der Waals surface area contributed by atoms with Crippen molar-refractivity contribution < 1.29 is 9.59 Å². The van der Waals surface area contributed by atoms with E-state index in [1.54, 1.807) is 7.05 Å². The number of aromatic amines is 2. The number of H-pyrrole nitrogens is 2. The molecule has 2 unspecified atom stereocenters. The van der Waals surface area contributed by atoms with Gasteiger partial charge < -0.3 is 9.97 Å². The Morgan fingerprint density at radius 3 is 1.62 bits per heavy atom. The second-order valence-corrected chi connectivity index (χ2v) is 6.77. The number of amides is 2. The summed E-state index contributed by atoms with van der Waals surface area (Å²) in [6, 6.07) is 15.7. The van der Waals surface area contributed by atoms with Crippen LogP contribution in [0.4, 0.5) is 0 Å². The Labute approximate surface area is 149 Å². The van der Waals surface area contributed by atoms with Crippen molar-refractivity contribution in [3.8, 4) is 0 Å². The summed E-state index contributed by atoms with van der Waals surface area (Å²) in [5, 5.41) is 1.97. The zero-order chi connectivity index (χ0) is 17.8. The third kappa shape index (κ3) is 1.91. The van der Waals surface area contributed by atoms with Crippen molar-refractivity contribution in [1.29, 1.82) is 0 Å². The lowest BCUT2D eigenvalue weighted by Gasteiger charge is -2.14. The smallest absolute Gasteiger partial charge is 0.237 e. The maximum absolute atomic E-state index is 13.0. The number of aromatic nitrogens is 2. The van der Waals surface area contributed by atoms with E-state index >= 15 is 0 Å². The third-order valence-electron chi connectivity index (χ3n) is 5.44. The summed E-state index contributed by atoms with van der Waals surface area (Å²) >= 11 is 0. The van der Waals surface area contributed by atoms with Crippen LogP contribution in [-0.4, -0.2) is 33.7 Å². The zero-order valence-electron chi connectivity index (χ0n) is 14.2. The number of nitrogens with zero attached hydrogens (tertiary/aromatic N) is 1. The first kappa shape index (κ1) is 15.0. The average molecular weight is 343 g/mol. The highest BCUT2D eigenvalue weighted by Gasteiger charge is 2.48. The van der Waals surface area contributed by atoms with Crippen LogP contribution >= 0.6 is 0 Å². The summed E-state index contributed by atoms with van der Waals surface area (Å²) in [7, 11) is 1.57. The lowest BCUT2D eigenvalue weighted by molar-refractivity contribution is -0.137. The van der Waals surface area contributed by atoms with Crippen molar-refractivity contribution in [2.45, 2.75) is 11.8 Å². The van der Waals surface area contributed by atoms with Crippen LogP contribution in [0.25, 0.3) is 21.8 Å². The molecule has 1 fully saturated rings. The SMILES string of the molecule is CN1C(=O)C(c2c[nH]c3ccccc23)C(c2c[nH]c3ccccc23)C1=O. The van der Waals surface area contributed by atoms with Crippen LogP contribution in [0.5, 0.6) is 0 Å². The number of hydrogen-bond acceptors (Lipinski definition) is 2. The van der Waals surface area contributed by atoms with E-state index in [2.05, 4.69) is 9.97 Å². The molecular weight excluding hydrogens is 326 g/mol. The zero-order valence-corrected chi connectivity index (χ0v) is 14.2. The van der Waals surface area contributed by atoms with Gasteiger partial charge in [-0.05, 0) is 23.3 Å². The van der Waals surface area contributed by atoms with Gasteiger partial charge in [0.2, 0.25) is 11.8 Å². The number of benzene rings is 2. The van der Waals surface area contributed by atoms with Gasteiger partial charge in [-0.15, -0.1) is 0 Å². The van der Waals surface area contributed by atoms with Gasteiger partial charge in [0.15, 0.2) is 0 Å². The molecule has 1 saturated heterocycles. The Morgan fingerprint density at radius 1 is 0.731 bits per heavy atom. The molecule has 2 aromatic heterocycles. The molecular formula is C21H17N3O2. The molecule has 0 bridgehead atoms. The summed E-state index contributed by atoms with van der Waals surface area (Å²) in [5.41, 5.74) is 3.68. The summed E-state index contributed by atoms with van der Waals surface area (Å²) in [5.74, 6) is -1.37. The van der Waals surface area contributed by atoms with E-state index in [-0.39, 0.29) is 11.8 Å². The van der Waals surface area contributed by atoms with Gasteiger partial charge in [-0.2, -0.15) is 0 Å². The van der Waals surface area contributed by atoms with Crippen molar-refractivity contribution in [3.05, 3.63) is 72.1 Å². The van der Waals surface area contributed by atoms with Crippen molar-refractivity contribution >= 4 is 33.6 Å². The van der Waals surface area contributed by atoms with Gasteiger partial charge in [-0.1, -0.05) is 36.4 Å². The molecule has 128 valence electrons. The molecule has 5 rings (SSSR count). The summed E-state index contributed by atoms with van der Waals surface area (Å²) in [6.45, 7) is 0. The predicted octanol–water partition coefficient (Wildman–Crippen LogP) is 3.52. The number of likely N-dealkylation sites (tertiary alicyclic amines) is 1. The van der Waals surface area contributed by atoms with E-state index in [1.165, 1.54) is 4.90 Å². The average Bonchev–Trinajstić information content (AvgIpc) is 3.33. The van der Waals surface area contributed by atoms with Crippen LogP contribution in [0, 0.1) is 0 Å². The molecule has 0 aliphatic carbocycles. The molecule has 0 spiro atoms. The van der Waals surface area contributed by atoms with Gasteiger partial charge in [0, 0.05) is 41.2 Å². The fourth-order valence-electron chi connectivity index (χ4n) is 4.14. The monoisotopic (exact) mass is 343 g/mol. The highest BCUT2D eigenvalue weighted by molar-refractivity contribution is 6.12. The molecule has 5 nitrogen and oxygen atoms in total. The quantitative estimate of drug-likeness (QED) is 0.547. The topological polar surface area (TPSA) is 69.0 Å². The Morgan fingerprint density at radius 2 is 1.15 bits per heavy atom. The number of rotatable bonds is 2. The van der Waals surface area contributed by atoms with Crippen molar-refractivity contribution in [1.82, 2.24) is 14.9 Å². The largest absolute Gasteiger partial charge is 0.361 e. The molecule has 2 N–H and O–H groups in total. The second kappa shape index (κ2) is 5.33. The molecule has 0 radical (unpaired) electrons. The van der Waals surface area contributed by atoms with E-state index in [0.717, 1.165) is 32.9 Å². The number of fused-ring (bicyclic) bond motifs is 2. The summed E-state index contributed by atoms with van der Waals surface area (Å²) in [6.07, 6.45) is 3.73. The maximum Gasteiger partial charge on any atom is 0.237 e. The van der Waals surface area contributed by atoms with Crippen molar-refractivity contribution in [2.75, 3.05) is 7.05 Å². The first-order valence-corrected chi connectivity index (χ1v) is 8.60. The normalized spacial score (nSPS) is 20.6. The lowest BCUT2D eigenvalue weighted by Crippen LogP contribution is -2.25. The fourth-order valence-corrected chi connectivity index (χ4v) is 4.14. The van der Waals surface area contributed by atoms with Gasteiger partial charge in [0.25, 0.3) is 0 Å². The predicted molar refractivity (Wildman–Crippen MR) is 99.9 cm³/mol. The Hall–Kier alpha value is -3.34. The van der Waals surface area contributed by atoms with E-state index in [9.17, 15) is 9.59 Å². The molecule has 2 amide bonds. The minimum Gasteiger partial charge on any atom is -0.361 e. The van der Waals surface area contributed by atoms with Crippen LogP contribution in [0.3, 0.4) is 0 Å². The molecule has 2 aromatic carbocycles. The number of imide groups is 1. The molecule has 1 aliphatic rings.